The number of nitrogens with zero attached hydrogens (tertiary/aromatic N) is 1. The highest BCUT2D eigenvalue weighted by molar-refractivity contribution is 7.92. The van der Waals surface area contributed by atoms with Gasteiger partial charge in [0.2, 0.25) is 10.0 Å². The molecule has 0 atom stereocenters. The van der Waals surface area contributed by atoms with Crippen LogP contribution in [0.5, 0.6) is 0 Å². The molecule has 0 aliphatic heterocycles. The van der Waals surface area contributed by atoms with Crippen molar-refractivity contribution in [3.05, 3.63) is 93.0 Å². The minimum Gasteiger partial charge on any atom is -0.465 e. The number of benzene rings is 3. The first-order valence-electron chi connectivity index (χ1n) is 10.0. The maximum atomic E-state index is 12.8. The number of rotatable bonds is 7. The van der Waals surface area contributed by atoms with Crippen LogP contribution in [0.1, 0.15) is 31.8 Å². The molecule has 0 heterocycles. The molecule has 0 saturated heterocycles. The van der Waals surface area contributed by atoms with E-state index in [0.29, 0.717) is 43.7 Å². The van der Waals surface area contributed by atoms with Crippen molar-refractivity contribution in [3.63, 3.8) is 0 Å². The lowest BCUT2D eigenvalue weighted by atomic mass is 10.1. The number of halogens is 2. The maximum absolute atomic E-state index is 12.8. The van der Waals surface area contributed by atoms with Gasteiger partial charge < -0.3 is 10.1 Å². The van der Waals surface area contributed by atoms with E-state index in [1.165, 1.54) is 31.4 Å². The van der Waals surface area contributed by atoms with Gasteiger partial charge in [0.05, 0.1) is 31.2 Å². The Balaban J connectivity index is 1.85. The second-order valence-corrected chi connectivity index (χ2v) is 10.2. The van der Waals surface area contributed by atoms with Crippen molar-refractivity contribution in [2.45, 2.75) is 13.5 Å². The summed E-state index contributed by atoms with van der Waals surface area (Å²) in [5.41, 5.74) is 2.49. The van der Waals surface area contributed by atoms with Crippen LogP contribution in [0, 0.1) is 6.92 Å². The molecule has 0 fully saturated rings. The highest BCUT2D eigenvalue weighted by Gasteiger charge is 2.21. The fourth-order valence-electron chi connectivity index (χ4n) is 3.30. The van der Waals surface area contributed by atoms with E-state index < -0.39 is 21.9 Å². The summed E-state index contributed by atoms with van der Waals surface area (Å²) in [6.45, 7) is 1.64. The molecule has 0 saturated carbocycles. The zero-order valence-electron chi connectivity index (χ0n) is 18.6. The Bertz CT molecular complexity index is 1320. The number of sulfonamides is 1. The van der Waals surface area contributed by atoms with Crippen molar-refractivity contribution in [3.8, 4) is 0 Å². The Kier molecular flexibility index (Phi) is 7.86. The van der Waals surface area contributed by atoms with E-state index in [1.54, 1.807) is 43.3 Å². The molecule has 34 heavy (non-hydrogen) atoms. The highest BCUT2D eigenvalue weighted by atomic mass is 35.5. The Labute approximate surface area is 208 Å². The monoisotopic (exact) mass is 520 g/mol. The molecule has 3 aromatic carbocycles. The first kappa shape index (κ1) is 25.6. The van der Waals surface area contributed by atoms with E-state index in [-0.39, 0.29) is 6.54 Å². The number of anilines is 2. The Morgan fingerprint density at radius 1 is 0.971 bits per heavy atom. The summed E-state index contributed by atoms with van der Waals surface area (Å²) in [7, 11) is -2.39. The summed E-state index contributed by atoms with van der Waals surface area (Å²) in [6, 6.07) is 15.9. The molecule has 1 amide bonds. The van der Waals surface area contributed by atoms with Crippen LogP contribution in [0.3, 0.4) is 0 Å². The topological polar surface area (TPSA) is 92.8 Å². The first-order chi connectivity index (χ1) is 16.0. The van der Waals surface area contributed by atoms with Crippen LogP contribution < -0.4 is 9.62 Å². The van der Waals surface area contributed by atoms with Gasteiger partial charge in [-0.15, -0.1) is 0 Å². The van der Waals surface area contributed by atoms with Gasteiger partial charge in [0.25, 0.3) is 5.91 Å². The average molecular weight is 521 g/mol. The van der Waals surface area contributed by atoms with Crippen LogP contribution in [-0.4, -0.2) is 33.7 Å². The Morgan fingerprint density at radius 2 is 1.56 bits per heavy atom. The maximum Gasteiger partial charge on any atom is 0.338 e. The molecule has 0 radical (unpaired) electrons. The summed E-state index contributed by atoms with van der Waals surface area (Å²) in [6.07, 6.45) is 1.08. The summed E-state index contributed by atoms with van der Waals surface area (Å²) in [4.78, 5) is 24.7. The lowest BCUT2D eigenvalue weighted by molar-refractivity contribution is 0.0599. The van der Waals surface area contributed by atoms with Gasteiger partial charge in [0, 0.05) is 26.9 Å². The van der Waals surface area contributed by atoms with Crippen molar-refractivity contribution in [2.75, 3.05) is 23.0 Å². The van der Waals surface area contributed by atoms with Crippen molar-refractivity contribution in [2.24, 2.45) is 0 Å². The molecule has 0 unspecified atom stereocenters. The molecular weight excluding hydrogens is 499 g/mol. The van der Waals surface area contributed by atoms with Crippen molar-refractivity contribution < 1.29 is 22.7 Å². The minimum absolute atomic E-state index is 0.0671. The van der Waals surface area contributed by atoms with Gasteiger partial charge in [-0.3, -0.25) is 9.10 Å². The second-order valence-electron chi connectivity index (χ2n) is 7.44. The third kappa shape index (κ3) is 5.70. The van der Waals surface area contributed by atoms with Crippen LogP contribution in [0.4, 0.5) is 11.4 Å². The third-order valence-electron chi connectivity index (χ3n) is 5.17. The molecule has 7 nitrogen and oxygen atoms in total. The van der Waals surface area contributed by atoms with Gasteiger partial charge in [-0.05, 0) is 61.0 Å². The first-order valence-corrected chi connectivity index (χ1v) is 12.6. The normalized spacial score (nSPS) is 11.1. The molecule has 3 aromatic rings. The highest BCUT2D eigenvalue weighted by Crippen LogP contribution is 2.29. The molecule has 0 aliphatic rings. The van der Waals surface area contributed by atoms with Gasteiger partial charge in [-0.25, -0.2) is 13.2 Å². The zero-order valence-corrected chi connectivity index (χ0v) is 21.0. The number of amides is 1. The number of hydrogen-bond donors (Lipinski definition) is 1. The predicted octanol–water partition coefficient (Wildman–Crippen LogP) is 5.31. The summed E-state index contributed by atoms with van der Waals surface area (Å²) < 4.78 is 30.9. The summed E-state index contributed by atoms with van der Waals surface area (Å²) >= 11 is 12.4. The zero-order chi connectivity index (χ0) is 25.0. The fourth-order valence-corrected chi connectivity index (χ4v) is 4.69. The molecule has 3 rings (SSSR count). The van der Waals surface area contributed by atoms with E-state index in [4.69, 9.17) is 27.9 Å². The van der Waals surface area contributed by atoms with E-state index in [2.05, 4.69) is 5.32 Å². The minimum atomic E-state index is -3.68. The van der Waals surface area contributed by atoms with Gasteiger partial charge in [-0.2, -0.15) is 0 Å². The molecule has 0 aromatic heterocycles. The quantitative estimate of drug-likeness (QED) is 0.426. The number of carbonyl (C=O) groups excluding carboxylic acids is 2. The van der Waals surface area contributed by atoms with E-state index in [9.17, 15) is 18.0 Å². The average Bonchev–Trinajstić information content (AvgIpc) is 2.79. The van der Waals surface area contributed by atoms with Crippen LogP contribution in [0.25, 0.3) is 0 Å². The second kappa shape index (κ2) is 10.5. The van der Waals surface area contributed by atoms with Crippen LogP contribution in [0.2, 0.25) is 10.0 Å². The van der Waals surface area contributed by atoms with Gasteiger partial charge >= 0.3 is 5.97 Å². The Morgan fingerprint density at radius 3 is 2.12 bits per heavy atom. The van der Waals surface area contributed by atoms with Crippen LogP contribution in [-0.2, 0) is 21.3 Å². The SMILES string of the molecule is COC(=O)c1cccc(NC(=O)c2ccc(N(Cc3c(Cl)cccc3Cl)S(C)(=O)=O)cc2)c1C. The molecule has 1 N–H and O–H groups in total. The van der Waals surface area contributed by atoms with Gasteiger partial charge in [-0.1, -0.05) is 35.3 Å². The lowest BCUT2D eigenvalue weighted by Gasteiger charge is -2.23. The molecule has 0 bridgehead atoms. The van der Waals surface area contributed by atoms with Gasteiger partial charge in [0.15, 0.2) is 0 Å². The van der Waals surface area contributed by atoms with Crippen molar-refractivity contribution in [1.29, 1.82) is 0 Å². The van der Waals surface area contributed by atoms with Crippen molar-refractivity contribution >= 4 is 56.5 Å². The predicted molar refractivity (Wildman–Crippen MR) is 134 cm³/mol. The smallest absolute Gasteiger partial charge is 0.338 e. The number of carbonyl (C=O) groups is 2. The van der Waals surface area contributed by atoms with Crippen LogP contribution in [0.15, 0.2) is 60.7 Å². The lowest BCUT2D eigenvalue weighted by Crippen LogP contribution is -2.29. The van der Waals surface area contributed by atoms with E-state index in [0.717, 1.165) is 10.6 Å². The van der Waals surface area contributed by atoms with E-state index >= 15 is 0 Å². The molecule has 0 spiro atoms. The number of ether oxygens (including phenoxy) is 1. The number of hydrogen-bond acceptors (Lipinski definition) is 5. The number of esters is 1. The largest absolute Gasteiger partial charge is 0.465 e. The van der Waals surface area contributed by atoms with Gasteiger partial charge in [0.1, 0.15) is 0 Å². The number of methoxy groups -OCH3 is 1. The van der Waals surface area contributed by atoms with Crippen molar-refractivity contribution in [1.82, 2.24) is 0 Å². The molecule has 0 aliphatic carbocycles. The standard InChI is InChI=1S/C24H22Cl2N2O5S/c1-15-18(24(30)33-2)6-4-9-22(15)27-23(29)16-10-12-17(13-11-16)28(34(3,31)32)14-19-20(25)7-5-8-21(19)26/h4-13H,14H2,1-3H3,(H,27,29). The molecular formula is C24H22Cl2N2O5S. The summed E-state index contributed by atoms with van der Waals surface area (Å²) in [5.74, 6) is -0.922. The fraction of sp³-hybridized carbons (Fsp3) is 0.167. The molecule has 10 heteroatoms. The van der Waals surface area contributed by atoms with E-state index in [1.807, 2.05) is 0 Å². The number of nitrogens with one attached hydrogen (secondary N) is 1. The van der Waals surface area contributed by atoms with Crippen LogP contribution >= 0.6 is 23.2 Å². The summed E-state index contributed by atoms with van der Waals surface area (Å²) in [5, 5.41) is 3.46. The third-order valence-corrected chi connectivity index (χ3v) is 7.02. The Hall–Kier alpha value is -3.07. The molecule has 178 valence electrons.